The van der Waals surface area contributed by atoms with E-state index >= 15 is 0 Å². The molecule has 3 aromatic rings. The van der Waals surface area contributed by atoms with Gasteiger partial charge in [-0.05, 0) is 45.0 Å². The molecule has 1 unspecified atom stereocenters. The van der Waals surface area contributed by atoms with Crippen molar-refractivity contribution in [1.29, 1.82) is 0 Å². The van der Waals surface area contributed by atoms with Crippen LogP contribution in [0.1, 0.15) is 30.3 Å². The molecule has 2 heterocycles. The number of nitrogens with zero attached hydrogens (tertiary/aromatic N) is 4. The smallest absolute Gasteiger partial charge is 0.267 e. The number of Topliss-reactive ketones (excluding diaryl/α,β-unsaturated/α-hetero) is 1. The van der Waals surface area contributed by atoms with Crippen molar-refractivity contribution in [3.8, 4) is 5.69 Å². The average molecular weight is 415 g/mol. The summed E-state index contributed by atoms with van der Waals surface area (Å²) in [7, 11) is 0. The Hall–Kier alpha value is -3.74. The highest BCUT2D eigenvalue weighted by Crippen LogP contribution is 2.25. The number of ketones is 1. The fraction of sp³-hybridized carbons (Fsp3) is 0.250. The Morgan fingerprint density at radius 3 is 2.23 bits per heavy atom. The molecule has 0 spiro atoms. The number of amides is 1. The lowest BCUT2D eigenvalue weighted by atomic mass is 10.1. The molecule has 0 saturated carbocycles. The minimum atomic E-state index is -0.465. The summed E-state index contributed by atoms with van der Waals surface area (Å²) >= 11 is 0. The Kier molecular flexibility index (Phi) is 5.66. The predicted molar refractivity (Wildman–Crippen MR) is 120 cm³/mol. The van der Waals surface area contributed by atoms with Crippen LogP contribution in [0.25, 0.3) is 5.69 Å². The SMILES string of the molecule is CC(=O)C1CC(C(=O)NCc2c(C)nn(-c3ccccc3)c2C)=NN1c1ccccc1. The summed E-state index contributed by atoms with van der Waals surface area (Å²) in [5.74, 6) is -0.290. The zero-order valence-corrected chi connectivity index (χ0v) is 17.9. The van der Waals surface area contributed by atoms with Crippen molar-refractivity contribution in [2.45, 2.75) is 39.8 Å². The number of aromatic nitrogens is 2. The van der Waals surface area contributed by atoms with Gasteiger partial charge in [0.1, 0.15) is 11.8 Å². The van der Waals surface area contributed by atoms with Crippen molar-refractivity contribution in [2.75, 3.05) is 5.01 Å². The van der Waals surface area contributed by atoms with Gasteiger partial charge in [0.25, 0.3) is 5.91 Å². The minimum absolute atomic E-state index is 0.0220. The molecule has 1 aromatic heterocycles. The summed E-state index contributed by atoms with van der Waals surface area (Å²) < 4.78 is 1.88. The molecule has 7 nitrogen and oxygen atoms in total. The molecule has 0 fully saturated rings. The van der Waals surface area contributed by atoms with Crippen LogP contribution in [-0.2, 0) is 16.1 Å². The third kappa shape index (κ3) is 4.12. The van der Waals surface area contributed by atoms with Crippen LogP contribution in [0.3, 0.4) is 0 Å². The molecule has 1 amide bonds. The van der Waals surface area contributed by atoms with E-state index in [0.717, 1.165) is 28.3 Å². The van der Waals surface area contributed by atoms with E-state index in [1.807, 2.05) is 79.2 Å². The Morgan fingerprint density at radius 2 is 1.61 bits per heavy atom. The molecule has 0 bridgehead atoms. The molecule has 158 valence electrons. The van der Waals surface area contributed by atoms with E-state index in [1.165, 1.54) is 6.92 Å². The molecule has 2 aromatic carbocycles. The first-order chi connectivity index (χ1) is 15.0. The van der Waals surface area contributed by atoms with Crippen molar-refractivity contribution >= 4 is 23.1 Å². The summed E-state index contributed by atoms with van der Waals surface area (Å²) in [4.78, 5) is 25.0. The van der Waals surface area contributed by atoms with Crippen LogP contribution in [-0.4, -0.2) is 33.2 Å². The van der Waals surface area contributed by atoms with Crippen LogP contribution >= 0.6 is 0 Å². The lowest BCUT2D eigenvalue weighted by Crippen LogP contribution is -2.34. The quantitative estimate of drug-likeness (QED) is 0.670. The fourth-order valence-electron chi connectivity index (χ4n) is 3.80. The third-order valence-electron chi connectivity index (χ3n) is 5.53. The first-order valence-electron chi connectivity index (χ1n) is 10.3. The van der Waals surface area contributed by atoms with Crippen LogP contribution in [0.15, 0.2) is 65.8 Å². The van der Waals surface area contributed by atoms with Crippen LogP contribution in [0.4, 0.5) is 5.69 Å². The molecular formula is C24H25N5O2. The molecule has 4 rings (SSSR count). The minimum Gasteiger partial charge on any atom is -0.347 e. The number of hydrogen-bond acceptors (Lipinski definition) is 5. The Morgan fingerprint density at radius 1 is 1.00 bits per heavy atom. The number of carbonyl (C=O) groups excluding carboxylic acids is 2. The van der Waals surface area contributed by atoms with Gasteiger partial charge in [-0.2, -0.15) is 10.2 Å². The molecule has 1 N–H and O–H groups in total. The van der Waals surface area contributed by atoms with Gasteiger partial charge in [0.15, 0.2) is 5.78 Å². The number of benzene rings is 2. The molecule has 0 saturated heterocycles. The number of nitrogens with one attached hydrogen (secondary N) is 1. The Bertz CT molecular complexity index is 1140. The van der Waals surface area contributed by atoms with Gasteiger partial charge in [0.2, 0.25) is 0 Å². The maximum absolute atomic E-state index is 12.9. The molecule has 1 atom stereocenters. The second-order valence-corrected chi connectivity index (χ2v) is 7.64. The monoisotopic (exact) mass is 415 g/mol. The van der Waals surface area contributed by atoms with E-state index in [1.54, 1.807) is 5.01 Å². The van der Waals surface area contributed by atoms with Gasteiger partial charge in [-0.25, -0.2) is 4.68 Å². The lowest BCUT2D eigenvalue weighted by molar-refractivity contribution is -0.118. The number of aryl methyl sites for hydroxylation is 1. The molecule has 0 radical (unpaired) electrons. The third-order valence-corrected chi connectivity index (χ3v) is 5.53. The van der Waals surface area contributed by atoms with E-state index in [2.05, 4.69) is 15.5 Å². The summed E-state index contributed by atoms with van der Waals surface area (Å²) in [5, 5.41) is 13.7. The zero-order valence-electron chi connectivity index (χ0n) is 17.9. The number of rotatable bonds is 6. The molecule has 1 aliphatic heterocycles. The van der Waals surface area contributed by atoms with E-state index < -0.39 is 6.04 Å². The van der Waals surface area contributed by atoms with Crippen molar-refractivity contribution in [2.24, 2.45) is 5.10 Å². The average Bonchev–Trinajstić information content (AvgIpc) is 3.35. The maximum atomic E-state index is 12.9. The molecule has 1 aliphatic rings. The predicted octanol–water partition coefficient (Wildman–Crippen LogP) is 3.33. The van der Waals surface area contributed by atoms with Gasteiger partial charge in [0.05, 0.1) is 17.1 Å². The molecular weight excluding hydrogens is 390 g/mol. The molecule has 31 heavy (non-hydrogen) atoms. The largest absolute Gasteiger partial charge is 0.347 e. The number of anilines is 1. The van der Waals surface area contributed by atoms with Crippen molar-refractivity contribution in [1.82, 2.24) is 15.1 Å². The second kappa shape index (κ2) is 8.55. The Labute approximate surface area is 181 Å². The number of hydrogen-bond donors (Lipinski definition) is 1. The highest BCUT2D eigenvalue weighted by Gasteiger charge is 2.34. The molecule has 7 heteroatoms. The van der Waals surface area contributed by atoms with Crippen molar-refractivity contribution in [3.05, 3.63) is 77.6 Å². The van der Waals surface area contributed by atoms with Crippen LogP contribution in [0.5, 0.6) is 0 Å². The number of carbonyl (C=O) groups is 2. The van der Waals surface area contributed by atoms with Crippen LogP contribution < -0.4 is 10.3 Å². The van der Waals surface area contributed by atoms with E-state index in [-0.39, 0.29) is 18.1 Å². The van der Waals surface area contributed by atoms with Crippen LogP contribution in [0, 0.1) is 13.8 Å². The van der Waals surface area contributed by atoms with Crippen molar-refractivity contribution in [3.63, 3.8) is 0 Å². The van der Waals surface area contributed by atoms with Gasteiger partial charge in [0, 0.05) is 24.2 Å². The normalized spacial score (nSPS) is 15.6. The fourth-order valence-corrected chi connectivity index (χ4v) is 3.80. The van der Waals surface area contributed by atoms with Gasteiger partial charge >= 0.3 is 0 Å². The van der Waals surface area contributed by atoms with Crippen LogP contribution in [0.2, 0.25) is 0 Å². The van der Waals surface area contributed by atoms with Gasteiger partial charge in [-0.15, -0.1) is 0 Å². The highest BCUT2D eigenvalue weighted by atomic mass is 16.2. The first-order valence-corrected chi connectivity index (χ1v) is 10.3. The molecule has 0 aliphatic carbocycles. The standard InChI is InChI=1S/C24H25N5O2/c1-16-21(17(2)28(26-16)19-10-6-4-7-11-19)15-25-24(31)22-14-23(18(3)30)29(27-22)20-12-8-5-9-13-20/h4-13,23H,14-15H2,1-3H3,(H,25,31). The number of hydrazone groups is 1. The van der Waals surface area contributed by atoms with Gasteiger partial charge < -0.3 is 5.32 Å². The van der Waals surface area contributed by atoms with E-state index in [4.69, 9.17) is 0 Å². The topological polar surface area (TPSA) is 79.6 Å². The lowest BCUT2D eigenvalue weighted by Gasteiger charge is -2.20. The Balaban J connectivity index is 1.50. The first kappa shape index (κ1) is 20.5. The number of para-hydroxylation sites is 2. The summed E-state index contributed by atoms with van der Waals surface area (Å²) in [6.45, 7) is 5.80. The summed E-state index contributed by atoms with van der Waals surface area (Å²) in [6, 6.07) is 18.9. The highest BCUT2D eigenvalue weighted by molar-refractivity contribution is 6.40. The second-order valence-electron chi connectivity index (χ2n) is 7.64. The van der Waals surface area contributed by atoms with Crippen molar-refractivity contribution < 1.29 is 9.59 Å². The van der Waals surface area contributed by atoms with Gasteiger partial charge in [-0.3, -0.25) is 14.6 Å². The van der Waals surface area contributed by atoms with Gasteiger partial charge in [-0.1, -0.05) is 36.4 Å². The van der Waals surface area contributed by atoms with E-state index in [9.17, 15) is 9.59 Å². The zero-order chi connectivity index (χ0) is 22.0. The summed E-state index contributed by atoms with van der Waals surface area (Å²) in [5.41, 5.74) is 4.94. The summed E-state index contributed by atoms with van der Waals surface area (Å²) in [6.07, 6.45) is 0.289. The van der Waals surface area contributed by atoms with E-state index in [0.29, 0.717) is 12.3 Å². The maximum Gasteiger partial charge on any atom is 0.267 e.